The third kappa shape index (κ3) is 8.17. The van der Waals surface area contributed by atoms with E-state index in [-0.39, 0.29) is 19.0 Å². The van der Waals surface area contributed by atoms with Gasteiger partial charge in [0, 0.05) is 6.54 Å². The normalized spacial score (nSPS) is 12.3. The second-order valence-corrected chi connectivity index (χ2v) is 2.04. The van der Waals surface area contributed by atoms with Gasteiger partial charge in [-0.05, 0) is 13.0 Å². The van der Waals surface area contributed by atoms with Crippen LogP contribution < -0.4 is 5.32 Å². The van der Waals surface area contributed by atoms with Crippen LogP contribution in [0.3, 0.4) is 0 Å². The van der Waals surface area contributed by atoms with Crippen LogP contribution in [-0.2, 0) is 0 Å². The summed E-state index contributed by atoms with van der Waals surface area (Å²) >= 11 is 0. The Balaban J connectivity index is 0. The second kappa shape index (κ2) is 9.17. The van der Waals surface area contributed by atoms with E-state index in [1.54, 1.807) is 0 Å². The molecule has 1 atom stereocenters. The van der Waals surface area contributed by atoms with E-state index in [4.69, 9.17) is 10.2 Å². The molecule has 0 aliphatic heterocycles. The Morgan fingerprint density at radius 3 is 2.50 bits per heavy atom. The molecule has 4 heteroatoms. The van der Waals surface area contributed by atoms with Crippen molar-refractivity contribution in [1.29, 1.82) is 0 Å². The Morgan fingerprint density at radius 2 is 2.10 bits per heavy atom. The molecule has 0 aliphatic rings. The van der Waals surface area contributed by atoms with Gasteiger partial charge >= 0.3 is 0 Å². The number of hydrogen-bond donors (Lipinski definition) is 3. The average Bonchev–Trinajstić information content (AvgIpc) is 1.89. The Bertz CT molecular complexity index is 63.7. The lowest BCUT2D eigenvalue weighted by Gasteiger charge is -2.06. The summed E-state index contributed by atoms with van der Waals surface area (Å²) < 4.78 is 0. The molecule has 0 saturated carbocycles. The van der Waals surface area contributed by atoms with E-state index >= 15 is 0 Å². The standard InChI is InChI=1S/C6H15NO2.ClH/c1-2-3-7-4-6(9)5-8;/h6-9H,2-5H2,1H3;1H. The summed E-state index contributed by atoms with van der Waals surface area (Å²) in [6, 6.07) is 0. The Hall–Kier alpha value is 0.170. The molecule has 0 amide bonds. The van der Waals surface area contributed by atoms with Gasteiger partial charge in [0.25, 0.3) is 0 Å². The summed E-state index contributed by atoms with van der Waals surface area (Å²) in [7, 11) is 0. The zero-order chi connectivity index (χ0) is 7.11. The number of rotatable bonds is 5. The minimum Gasteiger partial charge on any atom is -0.394 e. The SMILES string of the molecule is CCCNCC(O)CO.Cl. The fraction of sp³-hybridized carbons (Fsp3) is 1.00. The van der Waals surface area contributed by atoms with Gasteiger partial charge in [0.05, 0.1) is 12.7 Å². The van der Waals surface area contributed by atoms with Gasteiger partial charge in [-0.15, -0.1) is 12.4 Å². The fourth-order valence-corrected chi connectivity index (χ4v) is 0.510. The highest BCUT2D eigenvalue weighted by atomic mass is 35.5. The molecule has 1 unspecified atom stereocenters. The first-order valence-electron chi connectivity index (χ1n) is 3.31. The number of hydrogen-bond acceptors (Lipinski definition) is 3. The van der Waals surface area contributed by atoms with Gasteiger partial charge in [-0.2, -0.15) is 0 Å². The molecule has 0 aromatic rings. The van der Waals surface area contributed by atoms with Gasteiger partial charge in [-0.3, -0.25) is 0 Å². The molecule has 3 N–H and O–H groups in total. The van der Waals surface area contributed by atoms with Crippen molar-refractivity contribution in [2.75, 3.05) is 19.7 Å². The van der Waals surface area contributed by atoms with Crippen LogP contribution in [0.2, 0.25) is 0 Å². The summed E-state index contributed by atoms with van der Waals surface area (Å²) in [5, 5.41) is 20.1. The van der Waals surface area contributed by atoms with Crippen LogP contribution in [0.5, 0.6) is 0 Å². The fourth-order valence-electron chi connectivity index (χ4n) is 0.510. The van der Waals surface area contributed by atoms with Gasteiger partial charge in [-0.25, -0.2) is 0 Å². The summed E-state index contributed by atoms with van der Waals surface area (Å²) in [6.07, 6.45) is 0.453. The topological polar surface area (TPSA) is 52.5 Å². The zero-order valence-corrected chi connectivity index (χ0v) is 7.02. The van der Waals surface area contributed by atoms with Gasteiger partial charge < -0.3 is 15.5 Å². The molecule has 64 valence electrons. The third-order valence-electron chi connectivity index (χ3n) is 1.02. The van der Waals surface area contributed by atoms with Crippen LogP contribution in [0, 0.1) is 0 Å². The van der Waals surface area contributed by atoms with E-state index in [0.717, 1.165) is 13.0 Å². The minimum absolute atomic E-state index is 0. The Morgan fingerprint density at radius 1 is 1.50 bits per heavy atom. The molecule has 0 spiro atoms. The van der Waals surface area contributed by atoms with E-state index in [9.17, 15) is 0 Å². The maximum Gasteiger partial charge on any atom is 0.0894 e. The molecule has 0 fully saturated rings. The largest absolute Gasteiger partial charge is 0.394 e. The highest BCUT2D eigenvalue weighted by Crippen LogP contribution is 1.76. The van der Waals surface area contributed by atoms with E-state index in [1.807, 2.05) is 0 Å². The van der Waals surface area contributed by atoms with Crippen LogP contribution in [0.15, 0.2) is 0 Å². The van der Waals surface area contributed by atoms with E-state index in [2.05, 4.69) is 12.2 Å². The van der Waals surface area contributed by atoms with E-state index in [0.29, 0.717) is 6.54 Å². The van der Waals surface area contributed by atoms with Gasteiger partial charge in [0.2, 0.25) is 0 Å². The summed E-state index contributed by atoms with van der Waals surface area (Å²) in [6.45, 7) is 3.29. The smallest absolute Gasteiger partial charge is 0.0894 e. The van der Waals surface area contributed by atoms with Crippen molar-refractivity contribution in [2.24, 2.45) is 0 Å². The lowest BCUT2D eigenvalue weighted by Crippen LogP contribution is -2.29. The van der Waals surface area contributed by atoms with Crippen molar-refractivity contribution < 1.29 is 10.2 Å². The molecule has 0 heterocycles. The molecule has 0 rings (SSSR count). The summed E-state index contributed by atoms with van der Waals surface area (Å²) in [5.41, 5.74) is 0. The quantitative estimate of drug-likeness (QED) is 0.498. The Labute approximate surface area is 67.9 Å². The first-order chi connectivity index (χ1) is 4.31. The molecule has 0 aromatic heterocycles. The first kappa shape index (κ1) is 12.8. The molecule has 0 aliphatic carbocycles. The molecule has 3 nitrogen and oxygen atoms in total. The van der Waals surface area contributed by atoms with Crippen LogP contribution in [-0.4, -0.2) is 36.0 Å². The van der Waals surface area contributed by atoms with Crippen molar-refractivity contribution in [1.82, 2.24) is 5.32 Å². The lowest BCUT2D eigenvalue weighted by atomic mass is 10.3. The van der Waals surface area contributed by atoms with E-state index in [1.165, 1.54) is 0 Å². The van der Waals surface area contributed by atoms with Gasteiger partial charge in [-0.1, -0.05) is 6.92 Å². The first-order valence-corrected chi connectivity index (χ1v) is 3.31. The molecule has 0 aromatic carbocycles. The minimum atomic E-state index is -0.600. The molecule has 0 radical (unpaired) electrons. The zero-order valence-electron chi connectivity index (χ0n) is 6.21. The van der Waals surface area contributed by atoms with Crippen molar-refractivity contribution in [2.45, 2.75) is 19.4 Å². The van der Waals surface area contributed by atoms with Crippen LogP contribution >= 0.6 is 12.4 Å². The molecular weight excluding hydrogens is 154 g/mol. The lowest BCUT2D eigenvalue weighted by molar-refractivity contribution is 0.0946. The predicted molar refractivity (Wildman–Crippen MR) is 43.5 cm³/mol. The van der Waals surface area contributed by atoms with Gasteiger partial charge in [0.1, 0.15) is 0 Å². The van der Waals surface area contributed by atoms with Crippen molar-refractivity contribution in [3.05, 3.63) is 0 Å². The average molecular weight is 170 g/mol. The van der Waals surface area contributed by atoms with Crippen LogP contribution in [0.4, 0.5) is 0 Å². The molecule has 0 saturated heterocycles. The summed E-state index contributed by atoms with van der Waals surface area (Å²) in [4.78, 5) is 0. The number of aliphatic hydroxyl groups is 2. The summed E-state index contributed by atoms with van der Waals surface area (Å²) in [5.74, 6) is 0. The number of aliphatic hydroxyl groups excluding tert-OH is 2. The van der Waals surface area contributed by atoms with E-state index < -0.39 is 6.10 Å². The highest BCUT2D eigenvalue weighted by Gasteiger charge is 1.97. The second-order valence-electron chi connectivity index (χ2n) is 2.04. The highest BCUT2D eigenvalue weighted by molar-refractivity contribution is 5.85. The number of nitrogens with one attached hydrogen (secondary N) is 1. The predicted octanol–water partition coefficient (Wildman–Crippen LogP) is -0.239. The van der Waals surface area contributed by atoms with Crippen LogP contribution in [0.1, 0.15) is 13.3 Å². The molecule has 0 bridgehead atoms. The Kier molecular flexibility index (Phi) is 11.7. The maximum atomic E-state index is 8.77. The molecular formula is C6H16ClNO2. The third-order valence-corrected chi connectivity index (χ3v) is 1.02. The van der Waals surface area contributed by atoms with Crippen molar-refractivity contribution >= 4 is 12.4 Å². The molecule has 10 heavy (non-hydrogen) atoms. The number of halogens is 1. The monoisotopic (exact) mass is 169 g/mol. The van der Waals surface area contributed by atoms with Crippen molar-refractivity contribution in [3.8, 4) is 0 Å². The maximum absolute atomic E-state index is 8.77. The van der Waals surface area contributed by atoms with Crippen molar-refractivity contribution in [3.63, 3.8) is 0 Å². The van der Waals surface area contributed by atoms with Crippen LogP contribution in [0.25, 0.3) is 0 Å². The van der Waals surface area contributed by atoms with Gasteiger partial charge in [0.15, 0.2) is 0 Å².